The van der Waals surface area contributed by atoms with Crippen molar-refractivity contribution in [1.29, 1.82) is 0 Å². The molecular weight excluding hydrogens is 364 g/mol. The van der Waals surface area contributed by atoms with E-state index in [2.05, 4.69) is 90.1 Å². The molecule has 2 heteroatoms. The summed E-state index contributed by atoms with van der Waals surface area (Å²) in [4.78, 5) is 0. The van der Waals surface area contributed by atoms with Gasteiger partial charge >= 0.3 is 0 Å². The topological polar surface area (TPSA) is 52.0 Å². The van der Waals surface area contributed by atoms with Crippen LogP contribution in [0, 0.1) is 0 Å². The molecule has 2 nitrogen and oxygen atoms in total. The Balaban J connectivity index is 1.98. The zero-order chi connectivity index (χ0) is 22.1. The first kappa shape index (κ1) is 22.0. The third kappa shape index (κ3) is 3.96. The SMILES string of the molecule is CCc1cc(C(C)(C)c2ccc(C(C)(C)c3ccc(N)cc3)cc2)cc(CC)c1N. The summed E-state index contributed by atoms with van der Waals surface area (Å²) in [6, 6.07) is 21.9. The predicted molar refractivity (Wildman–Crippen MR) is 131 cm³/mol. The van der Waals surface area contributed by atoms with Crippen LogP contribution < -0.4 is 11.5 Å². The molecule has 0 amide bonds. The van der Waals surface area contributed by atoms with Crippen LogP contribution in [0.5, 0.6) is 0 Å². The van der Waals surface area contributed by atoms with Gasteiger partial charge in [-0.2, -0.15) is 0 Å². The highest BCUT2D eigenvalue weighted by molar-refractivity contribution is 5.58. The quantitative estimate of drug-likeness (QED) is 0.456. The minimum atomic E-state index is -0.0919. The van der Waals surface area contributed by atoms with E-state index in [9.17, 15) is 0 Å². The number of rotatable bonds is 6. The van der Waals surface area contributed by atoms with Crippen molar-refractivity contribution in [1.82, 2.24) is 0 Å². The van der Waals surface area contributed by atoms with Gasteiger partial charge in [-0.15, -0.1) is 0 Å². The summed E-state index contributed by atoms with van der Waals surface area (Å²) >= 11 is 0. The number of benzene rings is 3. The number of hydrogen-bond acceptors (Lipinski definition) is 2. The largest absolute Gasteiger partial charge is 0.399 e. The lowest BCUT2D eigenvalue weighted by Gasteiger charge is -2.30. The molecule has 3 aromatic rings. The molecule has 30 heavy (non-hydrogen) atoms. The average molecular weight is 401 g/mol. The Morgan fingerprint density at radius 1 is 0.567 bits per heavy atom. The van der Waals surface area contributed by atoms with Gasteiger partial charge in [0.25, 0.3) is 0 Å². The molecule has 0 aromatic heterocycles. The van der Waals surface area contributed by atoms with Crippen LogP contribution in [0.25, 0.3) is 0 Å². The number of hydrogen-bond donors (Lipinski definition) is 2. The fourth-order valence-corrected chi connectivity index (χ4v) is 4.26. The monoisotopic (exact) mass is 400 g/mol. The highest BCUT2D eigenvalue weighted by Crippen LogP contribution is 2.37. The maximum atomic E-state index is 6.38. The summed E-state index contributed by atoms with van der Waals surface area (Å²) < 4.78 is 0. The van der Waals surface area contributed by atoms with Gasteiger partial charge < -0.3 is 11.5 Å². The van der Waals surface area contributed by atoms with Crippen molar-refractivity contribution in [3.05, 3.63) is 94.0 Å². The van der Waals surface area contributed by atoms with E-state index in [1.807, 2.05) is 12.1 Å². The van der Waals surface area contributed by atoms with Crippen LogP contribution in [0.2, 0.25) is 0 Å². The van der Waals surface area contributed by atoms with Gasteiger partial charge in [-0.05, 0) is 58.4 Å². The molecule has 0 saturated heterocycles. The molecule has 0 bridgehead atoms. The molecule has 0 radical (unpaired) electrons. The van der Waals surface area contributed by atoms with Crippen LogP contribution in [0.3, 0.4) is 0 Å². The fourth-order valence-electron chi connectivity index (χ4n) is 4.26. The van der Waals surface area contributed by atoms with E-state index in [1.165, 1.54) is 33.4 Å². The summed E-state index contributed by atoms with van der Waals surface area (Å²) in [5.41, 5.74) is 21.5. The maximum absolute atomic E-state index is 6.38. The second-order valence-corrected chi connectivity index (χ2v) is 9.36. The molecule has 3 rings (SSSR count). The van der Waals surface area contributed by atoms with Gasteiger partial charge in [-0.25, -0.2) is 0 Å². The minimum Gasteiger partial charge on any atom is -0.399 e. The molecule has 0 spiro atoms. The molecule has 0 fully saturated rings. The highest BCUT2D eigenvalue weighted by atomic mass is 14.6. The third-order valence-electron chi connectivity index (χ3n) is 6.80. The van der Waals surface area contributed by atoms with E-state index in [0.29, 0.717) is 0 Å². The van der Waals surface area contributed by atoms with Crippen molar-refractivity contribution < 1.29 is 0 Å². The third-order valence-corrected chi connectivity index (χ3v) is 6.80. The van der Waals surface area contributed by atoms with E-state index < -0.39 is 0 Å². The van der Waals surface area contributed by atoms with Crippen molar-refractivity contribution in [3.8, 4) is 0 Å². The van der Waals surface area contributed by atoms with E-state index >= 15 is 0 Å². The Bertz CT molecular complexity index is 985. The van der Waals surface area contributed by atoms with Crippen LogP contribution in [0.15, 0.2) is 60.7 Å². The smallest absolute Gasteiger partial charge is 0.0379 e. The van der Waals surface area contributed by atoms with Crippen LogP contribution >= 0.6 is 0 Å². The summed E-state index contributed by atoms with van der Waals surface area (Å²) in [5.74, 6) is 0. The van der Waals surface area contributed by atoms with Crippen molar-refractivity contribution in [2.45, 2.75) is 65.2 Å². The minimum absolute atomic E-state index is 0.0810. The molecule has 0 heterocycles. The van der Waals surface area contributed by atoms with Crippen LogP contribution in [0.1, 0.15) is 74.9 Å². The maximum Gasteiger partial charge on any atom is 0.0379 e. The highest BCUT2D eigenvalue weighted by Gasteiger charge is 2.27. The number of nitrogens with two attached hydrogens (primary N) is 2. The molecule has 0 saturated carbocycles. The van der Waals surface area contributed by atoms with Gasteiger partial charge in [0.05, 0.1) is 0 Å². The summed E-state index contributed by atoms with van der Waals surface area (Å²) in [6.45, 7) is 13.5. The summed E-state index contributed by atoms with van der Waals surface area (Å²) in [6.07, 6.45) is 1.91. The Hall–Kier alpha value is -2.74. The molecule has 4 N–H and O–H groups in total. The zero-order valence-electron chi connectivity index (χ0n) is 19.3. The number of nitrogen functional groups attached to an aromatic ring is 2. The van der Waals surface area contributed by atoms with E-state index in [-0.39, 0.29) is 10.8 Å². The molecule has 3 aromatic carbocycles. The van der Waals surface area contributed by atoms with E-state index in [0.717, 1.165) is 24.2 Å². The van der Waals surface area contributed by atoms with E-state index in [4.69, 9.17) is 11.5 Å². The lowest BCUT2D eigenvalue weighted by Crippen LogP contribution is -2.22. The van der Waals surface area contributed by atoms with Gasteiger partial charge in [0.2, 0.25) is 0 Å². The van der Waals surface area contributed by atoms with Gasteiger partial charge in [0, 0.05) is 22.2 Å². The summed E-state index contributed by atoms with van der Waals surface area (Å²) in [5, 5.41) is 0. The van der Waals surface area contributed by atoms with Gasteiger partial charge in [-0.3, -0.25) is 0 Å². The second kappa shape index (κ2) is 8.18. The number of anilines is 2. The normalized spacial score (nSPS) is 12.2. The Kier molecular flexibility index (Phi) is 5.99. The second-order valence-electron chi connectivity index (χ2n) is 9.36. The lowest BCUT2D eigenvalue weighted by atomic mass is 9.74. The Labute approximate surface area is 182 Å². The van der Waals surface area contributed by atoms with Crippen LogP contribution in [-0.4, -0.2) is 0 Å². The van der Waals surface area contributed by atoms with Gasteiger partial charge in [-0.1, -0.05) is 90.1 Å². The number of aryl methyl sites for hydroxylation is 2. The van der Waals surface area contributed by atoms with Crippen molar-refractivity contribution in [2.75, 3.05) is 11.5 Å². The molecule has 0 unspecified atom stereocenters. The Morgan fingerprint density at radius 2 is 0.900 bits per heavy atom. The van der Waals surface area contributed by atoms with Crippen molar-refractivity contribution in [2.24, 2.45) is 0 Å². The van der Waals surface area contributed by atoms with Crippen LogP contribution in [0.4, 0.5) is 11.4 Å². The lowest BCUT2D eigenvalue weighted by molar-refractivity contribution is 0.625. The first-order valence-corrected chi connectivity index (χ1v) is 11.0. The fraction of sp³-hybridized carbons (Fsp3) is 0.357. The first-order valence-electron chi connectivity index (χ1n) is 11.0. The van der Waals surface area contributed by atoms with Crippen molar-refractivity contribution in [3.63, 3.8) is 0 Å². The molecule has 0 aliphatic rings. The molecular formula is C28H36N2. The van der Waals surface area contributed by atoms with Gasteiger partial charge in [0.15, 0.2) is 0 Å². The molecule has 0 atom stereocenters. The molecule has 0 aliphatic carbocycles. The zero-order valence-corrected chi connectivity index (χ0v) is 19.3. The molecule has 158 valence electrons. The summed E-state index contributed by atoms with van der Waals surface area (Å²) in [7, 11) is 0. The standard InChI is InChI=1S/C28H36N2/c1-7-19-17-24(18-20(8-2)26(19)30)28(5,6)22-11-9-21(10-12-22)27(3,4)23-13-15-25(29)16-14-23/h9-18H,7-8,29-30H2,1-6H3. The van der Waals surface area contributed by atoms with Crippen molar-refractivity contribution >= 4 is 11.4 Å². The average Bonchev–Trinajstić information content (AvgIpc) is 2.74. The van der Waals surface area contributed by atoms with Gasteiger partial charge in [0.1, 0.15) is 0 Å². The molecule has 0 aliphatic heterocycles. The first-order chi connectivity index (χ1) is 14.1. The van der Waals surface area contributed by atoms with Crippen LogP contribution in [-0.2, 0) is 23.7 Å². The predicted octanol–water partition coefficient (Wildman–Crippen LogP) is 6.63. The van der Waals surface area contributed by atoms with E-state index in [1.54, 1.807) is 0 Å². The Morgan fingerprint density at radius 3 is 1.27 bits per heavy atom.